The number of carbonyl (C=O) groups is 1. The van der Waals surface area contributed by atoms with Crippen molar-refractivity contribution in [2.45, 2.75) is 54.8 Å². The number of benzene rings is 2. The van der Waals surface area contributed by atoms with Crippen LogP contribution in [0.2, 0.25) is 0 Å². The van der Waals surface area contributed by atoms with Gasteiger partial charge in [0, 0.05) is 16.3 Å². The van der Waals surface area contributed by atoms with E-state index in [1.54, 1.807) is 7.11 Å². The molecular formula is C22H26N2O2S. The minimum Gasteiger partial charge on any atom is -0.496 e. The largest absolute Gasteiger partial charge is 0.496 e. The van der Waals surface area contributed by atoms with Gasteiger partial charge in [-0.25, -0.2) is 0 Å². The molecule has 1 spiro atoms. The van der Waals surface area contributed by atoms with Crippen molar-refractivity contribution in [3.8, 4) is 5.75 Å². The number of hydrogen-bond acceptors (Lipinski definition) is 4. The number of fused-ring (bicyclic) bond motifs is 2. The number of methoxy groups -OCH3 is 1. The van der Waals surface area contributed by atoms with Crippen molar-refractivity contribution >= 4 is 29.9 Å². The maximum Gasteiger partial charge on any atom is 0.235 e. The van der Waals surface area contributed by atoms with Gasteiger partial charge in [0.2, 0.25) is 5.91 Å². The second-order valence-corrected chi connectivity index (χ2v) is 8.20. The predicted octanol–water partition coefficient (Wildman–Crippen LogP) is 4.89. The van der Waals surface area contributed by atoms with Crippen LogP contribution in [0, 0.1) is 0 Å². The molecule has 142 valence electrons. The van der Waals surface area contributed by atoms with E-state index in [1.807, 2.05) is 30.3 Å². The Morgan fingerprint density at radius 3 is 2.48 bits per heavy atom. The fraction of sp³-hybridized carbons (Fsp3) is 0.409. The molecule has 0 radical (unpaired) electrons. The monoisotopic (exact) mass is 382 g/mol. The van der Waals surface area contributed by atoms with Crippen molar-refractivity contribution in [2.24, 2.45) is 0 Å². The van der Waals surface area contributed by atoms with E-state index < -0.39 is 0 Å². The van der Waals surface area contributed by atoms with Gasteiger partial charge in [0.1, 0.15) is 5.75 Å². The number of anilines is 2. The Morgan fingerprint density at radius 1 is 1.19 bits per heavy atom. The number of ether oxygens (including phenoxy) is 1. The number of rotatable bonds is 2. The van der Waals surface area contributed by atoms with Crippen molar-refractivity contribution in [2.75, 3.05) is 18.2 Å². The Morgan fingerprint density at radius 2 is 1.89 bits per heavy atom. The molecule has 5 heteroatoms. The highest BCUT2D eigenvalue weighted by Gasteiger charge is 2.50. The third-order valence-electron chi connectivity index (χ3n) is 5.94. The van der Waals surface area contributed by atoms with Crippen LogP contribution in [0.3, 0.4) is 0 Å². The molecule has 0 aromatic heterocycles. The van der Waals surface area contributed by atoms with Gasteiger partial charge in [-0.2, -0.15) is 0 Å². The van der Waals surface area contributed by atoms with E-state index in [4.69, 9.17) is 10.5 Å². The van der Waals surface area contributed by atoms with Crippen LogP contribution in [0.15, 0.2) is 41.3 Å². The number of thiol groups is 1. The van der Waals surface area contributed by atoms with Gasteiger partial charge in [-0.1, -0.05) is 25.0 Å². The summed E-state index contributed by atoms with van der Waals surface area (Å²) < 4.78 is 4.97. The standard InChI is InChI=1S/C15H18N2O.C7H8OS/c16-10-7-11(9-3-4-9)13-12(8-10)15(14(18)17-13)5-1-2-6-15;1-8-6-4-2-3-5-7(6)9/h7-9H,1-6,16H2,(H,17,18);2-5,9H,1H3. The molecule has 3 N–H and O–H groups in total. The quantitative estimate of drug-likeness (QED) is 0.512. The Balaban J connectivity index is 0.000000170. The number of hydrogen-bond donors (Lipinski definition) is 3. The van der Waals surface area contributed by atoms with Gasteiger partial charge < -0.3 is 15.8 Å². The maximum absolute atomic E-state index is 12.4. The van der Waals surface area contributed by atoms with Crippen molar-refractivity contribution < 1.29 is 9.53 Å². The average molecular weight is 383 g/mol. The predicted molar refractivity (Wildman–Crippen MR) is 112 cm³/mol. The van der Waals surface area contributed by atoms with E-state index >= 15 is 0 Å². The second kappa shape index (κ2) is 7.12. The lowest BCUT2D eigenvalue weighted by molar-refractivity contribution is -0.120. The summed E-state index contributed by atoms with van der Waals surface area (Å²) in [4.78, 5) is 13.3. The lowest BCUT2D eigenvalue weighted by Gasteiger charge is -2.21. The molecule has 1 amide bonds. The summed E-state index contributed by atoms with van der Waals surface area (Å²) in [5.41, 5.74) is 10.2. The SMILES string of the molecule is COc1ccccc1S.Nc1cc(C2CC2)c2c(c1)C1(CCCC1)C(=O)N2. The van der Waals surface area contributed by atoms with Crippen LogP contribution in [0.25, 0.3) is 0 Å². The van der Waals surface area contributed by atoms with Gasteiger partial charge in [0.15, 0.2) is 0 Å². The molecule has 1 aliphatic heterocycles. The minimum atomic E-state index is -0.256. The first-order valence-corrected chi connectivity index (χ1v) is 10.1. The highest BCUT2D eigenvalue weighted by molar-refractivity contribution is 7.80. The van der Waals surface area contributed by atoms with Crippen LogP contribution in [0.5, 0.6) is 5.75 Å². The van der Waals surface area contributed by atoms with Crippen LogP contribution < -0.4 is 15.8 Å². The Labute approximate surface area is 165 Å². The summed E-state index contributed by atoms with van der Waals surface area (Å²) in [7, 11) is 1.63. The van der Waals surface area contributed by atoms with Gasteiger partial charge in [-0.3, -0.25) is 4.79 Å². The summed E-state index contributed by atoms with van der Waals surface area (Å²) >= 11 is 4.15. The van der Waals surface area contributed by atoms with E-state index in [9.17, 15) is 4.79 Å². The molecular weight excluding hydrogens is 356 g/mol. The fourth-order valence-electron chi connectivity index (χ4n) is 4.38. The summed E-state index contributed by atoms with van der Waals surface area (Å²) in [6.07, 6.45) is 6.75. The van der Waals surface area contributed by atoms with E-state index in [0.29, 0.717) is 5.92 Å². The lowest BCUT2D eigenvalue weighted by Crippen LogP contribution is -2.30. The molecule has 5 rings (SSSR count). The number of para-hydroxylation sites is 1. The normalized spacial score (nSPS) is 19.3. The molecule has 0 unspecified atom stereocenters. The van der Waals surface area contributed by atoms with E-state index in [2.05, 4.69) is 24.0 Å². The Bertz CT molecular complexity index is 871. The molecule has 2 aliphatic carbocycles. The zero-order valence-corrected chi connectivity index (χ0v) is 16.5. The maximum atomic E-state index is 12.4. The number of amides is 1. The van der Waals surface area contributed by atoms with Gasteiger partial charge in [-0.05, 0) is 67.0 Å². The molecule has 27 heavy (non-hydrogen) atoms. The number of carbonyl (C=O) groups excluding carboxylic acids is 1. The summed E-state index contributed by atoms with van der Waals surface area (Å²) in [6, 6.07) is 11.7. The fourth-order valence-corrected chi connectivity index (χ4v) is 4.63. The molecule has 1 heterocycles. The molecule has 2 aromatic carbocycles. The van der Waals surface area contributed by atoms with Gasteiger partial charge in [0.05, 0.1) is 12.5 Å². The van der Waals surface area contributed by atoms with Crippen molar-refractivity contribution in [1.29, 1.82) is 0 Å². The Kier molecular flexibility index (Phi) is 4.81. The van der Waals surface area contributed by atoms with Crippen molar-refractivity contribution in [1.82, 2.24) is 0 Å². The summed E-state index contributed by atoms with van der Waals surface area (Å²) in [6.45, 7) is 0. The first-order valence-electron chi connectivity index (χ1n) is 9.62. The first-order chi connectivity index (χ1) is 13.0. The van der Waals surface area contributed by atoms with Gasteiger partial charge in [-0.15, -0.1) is 12.6 Å². The average Bonchev–Trinajstić information content (AvgIpc) is 3.33. The minimum absolute atomic E-state index is 0.211. The topological polar surface area (TPSA) is 64.3 Å². The van der Waals surface area contributed by atoms with Crippen molar-refractivity contribution in [3.63, 3.8) is 0 Å². The number of nitrogens with two attached hydrogens (primary N) is 1. The zero-order valence-electron chi connectivity index (χ0n) is 15.6. The second-order valence-electron chi connectivity index (χ2n) is 7.72. The summed E-state index contributed by atoms with van der Waals surface area (Å²) in [5, 5.41) is 3.15. The van der Waals surface area contributed by atoms with Crippen LogP contribution in [0.4, 0.5) is 11.4 Å². The van der Waals surface area contributed by atoms with Crippen LogP contribution in [-0.4, -0.2) is 13.0 Å². The Hall–Kier alpha value is -2.14. The first kappa shape index (κ1) is 18.2. The molecule has 2 saturated carbocycles. The van der Waals surface area contributed by atoms with Crippen LogP contribution in [0.1, 0.15) is 55.6 Å². The highest BCUT2D eigenvalue weighted by Crippen LogP contribution is 2.54. The molecule has 0 saturated heterocycles. The zero-order chi connectivity index (χ0) is 19.0. The number of nitrogen functional groups attached to an aromatic ring is 1. The van der Waals surface area contributed by atoms with Crippen molar-refractivity contribution in [3.05, 3.63) is 47.5 Å². The lowest BCUT2D eigenvalue weighted by atomic mass is 9.79. The smallest absolute Gasteiger partial charge is 0.235 e. The summed E-state index contributed by atoms with van der Waals surface area (Å²) in [5.74, 6) is 1.66. The van der Waals surface area contributed by atoms with Gasteiger partial charge in [0.25, 0.3) is 0 Å². The van der Waals surface area contributed by atoms with E-state index in [1.165, 1.54) is 24.0 Å². The molecule has 4 nitrogen and oxygen atoms in total. The van der Waals surface area contributed by atoms with Crippen LogP contribution in [-0.2, 0) is 10.2 Å². The molecule has 0 bridgehead atoms. The molecule has 3 aliphatic rings. The van der Waals surface area contributed by atoms with E-state index in [0.717, 1.165) is 47.7 Å². The van der Waals surface area contributed by atoms with E-state index in [-0.39, 0.29) is 11.3 Å². The molecule has 2 aromatic rings. The third-order valence-corrected chi connectivity index (χ3v) is 6.31. The van der Waals surface area contributed by atoms with Gasteiger partial charge >= 0.3 is 0 Å². The van der Waals surface area contributed by atoms with Crippen LogP contribution >= 0.6 is 12.6 Å². The molecule has 0 atom stereocenters. The molecule has 2 fully saturated rings. The third kappa shape index (κ3) is 3.29. The highest BCUT2D eigenvalue weighted by atomic mass is 32.1. The number of nitrogens with one attached hydrogen (secondary N) is 1.